The van der Waals surface area contributed by atoms with Crippen molar-refractivity contribution in [3.8, 4) is 6.07 Å². The minimum Gasteiger partial charge on any atom is -0.373 e. The Morgan fingerprint density at radius 2 is 1.82 bits per heavy atom. The molecule has 0 spiro atoms. The summed E-state index contributed by atoms with van der Waals surface area (Å²) in [5, 5.41) is 10.5. The van der Waals surface area contributed by atoms with Gasteiger partial charge in [-0.05, 0) is 11.6 Å². The number of hydrogen-bond donors (Lipinski definition) is 0. The van der Waals surface area contributed by atoms with E-state index >= 15 is 0 Å². The van der Waals surface area contributed by atoms with Gasteiger partial charge in [0.05, 0.1) is 42.3 Å². The summed E-state index contributed by atoms with van der Waals surface area (Å²) in [4.78, 5) is 13.6. The van der Waals surface area contributed by atoms with Crippen molar-refractivity contribution in [2.45, 2.75) is 13.0 Å². The van der Waals surface area contributed by atoms with Crippen molar-refractivity contribution in [2.24, 2.45) is 5.41 Å². The highest BCUT2D eigenvalue weighted by atomic mass is 32.2. The number of Topliss-reactive ketones (excluding diaryl/α,β-unsaturated/α-hetero) is 1. The first-order valence-corrected chi connectivity index (χ1v) is 10.6. The molecule has 0 aliphatic carbocycles. The number of carbonyl (C=O) groups excluding carboxylic acids is 1. The molecule has 2 heterocycles. The number of nitrogens with zero attached hydrogens (tertiary/aromatic N) is 2. The molecule has 7 heteroatoms. The van der Waals surface area contributed by atoms with Crippen molar-refractivity contribution in [1.82, 2.24) is 3.97 Å². The van der Waals surface area contributed by atoms with Crippen molar-refractivity contribution < 1.29 is 17.9 Å². The minimum absolute atomic E-state index is 0.0545. The van der Waals surface area contributed by atoms with Gasteiger partial charge in [-0.1, -0.05) is 48.5 Å². The molecule has 0 saturated heterocycles. The number of aromatic nitrogens is 1. The summed E-state index contributed by atoms with van der Waals surface area (Å²) in [6.45, 7) is -0.148. The third kappa shape index (κ3) is 2.82. The first-order valence-electron chi connectivity index (χ1n) is 8.78. The number of carbonyl (C=O) groups is 1. The van der Waals surface area contributed by atoms with Crippen LogP contribution in [0.5, 0.6) is 0 Å². The molecular weight excluding hydrogens is 376 g/mol. The molecule has 0 saturated carbocycles. The van der Waals surface area contributed by atoms with Crippen molar-refractivity contribution in [3.63, 3.8) is 0 Å². The van der Waals surface area contributed by atoms with E-state index in [1.165, 1.54) is 0 Å². The molecule has 6 nitrogen and oxygen atoms in total. The smallest absolute Gasteiger partial charge is 0.236 e. The number of benzene rings is 2. The van der Waals surface area contributed by atoms with Gasteiger partial charge in [0.25, 0.3) is 0 Å². The molecule has 28 heavy (non-hydrogen) atoms. The lowest BCUT2D eigenvalue weighted by atomic mass is 9.77. The third-order valence-electron chi connectivity index (χ3n) is 5.07. The van der Waals surface area contributed by atoms with Gasteiger partial charge in [0.15, 0.2) is 5.78 Å². The van der Waals surface area contributed by atoms with E-state index < -0.39 is 21.2 Å². The van der Waals surface area contributed by atoms with Crippen LogP contribution < -0.4 is 0 Å². The van der Waals surface area contributed by atoms with E-state index in [4.69, 9.17) is 4.74 Å². The summed E-state index contributed by atoms with van der Waals surface area (Å²) in [7, 11) is -3.67. The molecule has 142 valence electrons. The molecule has 0 amide bonds. The fourth-order valence-electron chi connectivity index (χ4n) is 3.85. The zero-order valence-corrected chi connectivity index (χ0v) is 16.1. The molecule has 4 rings (SSSR count). The van der Waals surface area contributed by atoms with E-state index in [-0.39, 0.29) is 30.9 Å². The van der Waals surface area contributed by atoms with Gasteiger partial charge in [-0.3, -0.25) is 4.79 Å². The number of para-hydroxylation sites is 1. The van der Waals surface area contributed by atoms with Gasteiger partial charge in [0, 0.05) is 11.8 Å². The standard InChI is InChI=1S/C21H18N2O4S/c1-28(25,26)23-17-10-6-5-9-16(17)19-18(23)12-27-14-21(13-22,20(19)24)11-15-7-3-2-4-8-15/h2-10H,11-12,14H2,1H3/t21-/m1/s1. The van der Waals surface area contributed by atoms with E-state index in [1.54, 1.807) is 24.3 Å². The van der Waals surface area contributed by atoms with Crippen LogP contribution in [0.3, 0.4) is 0 Å². The number of nitriles is 1. The highest BCUT2D eigenvalue weighted by Crippen LogP contribution is 2.38. The Bertz CT molecular complexity index is 1220. The first kappa shape index (κ1) is 18.4. The Kier molecular flexibility index (Phi) is 4.33. The lowest BCUT2D eigenvalue weighted by molar-refractivity contribution is 0.0535. The zero-order valence-electron chi connectivity index (χ0n) is 15.3. The number of rotatable bonds is 3. The van der Waals surface area contributed by atoms with Gasteiger partial charge in [-0.2, -0.15) is 5.26 Å². The van der Waals surface area contributed by atoms with E-state index in [1.807, 2.05) is 30.3 Å². The number of ether oxygens (including phenoxy) is 1. The molecule has 1 aliphatic heterocycles. The van der Waals surface area contributed by atoms with Crippen LogP contribution in [0.1, 0.15) is 21.6 Å². The van der Waals surface area contributed by atoms with E-state index in [0.717, 1.165) is 15.8 Å². The summed E-state index contributed by atoms with van der Waals surface area (Å²) >= 11 is 0. The van der Waals surface area contributed by atoms with Crippen LogP contribution >= 0.6 is 0 Å². The molecule has 0 unspecified atom stereocenters. The maximum Gasteiger partial charge on any atom is 0.236 e. The van der Waals surface area contributed by atoms with Crippen molar-refractivity contribution >= 4 is 26.7 Å². The van der Waals surface area contributed by atoms with E-state index in [9.17, 15) is 18.5 Å². The van der Waals surface area contributed by atoms with Gasteiger partial charge in [0.2, 0.25) is 10.0 Å². The highest BCUT2D eigenvalue weighted by Gasteiger charge is 2.45. The largest absolute Gasteiger partial charge is 0.373 e. The molecule has 0 fully saturated rings. The van der Waals surface area contributed by atoms with Gasteiger partial charge >= 0.3 is 0 Å². The van der Waals surface area contributed by atoms with Crippen LogP contribution in [-0.2, 0) is 27.8 Å². The van der Waals surface area contributed by atoms with Crippen molar-refractivity contribution in [1.29, 1.82) is 5.26 Å². The summed E-state index contributed by atoms with van der Waals surface area (Å²) in [6, 6.07) is 18.3. The van der Waals surface area contributed by atoms with E-state index in [0.29, 0.717) is 10.9 Å². The Morgan fingerprint density at radius 3 is 2.50 bits per heavy atom. The Hall–Kier alpha value is -2.95. The van der Waals surface area contributed by atoms with Crippen LogP contribution in [0.25, 0.3) is 10.9 Å². The molecule has 3 aromatic rings. The topological polar surface area (TPSA) is 89.2 Å². The predicted octanol–water partition coefficient (Wildman–Crippen LogP) is 2.91. The molecule has 1 aliphatic rings. The molecule has 0 radical (unpaired) electrons. The summed E-state index contributed by atoms with van der Waals surface area (Å²) in [5.41, 5.74) is 0.380. The summed E-state index contributed by atoms with van der Waals surface area (Å²) in [5.74, 6) is -0.398. The lowest BCUT2D eigenvalue weighted by Gasteiger charge is -2.23. The van der Waals surface area contributed by atoms with Crippen LogP contribution in [0, 0.1) is 16.7 Å². The third-order valence-corrected chi connectivity index (χ3v) is 6.15. The Morgan fingerprint density at radius 1 is 1.14 bits per heavy atom. The van der Waals surface area contributed by atoms with Crippen LogP contribution in [0.2, 0.25) is 0 Å². The SMILES string of the molecule is CS(=O)(=O)n1c2c(c3ccccc31)C(=O)[C@@](C#N)(Cc1ccccc1)COC2. The lowest BCUT2D eigenvalue weighted by Crippen LogP contribution is -2.35. The summed E-state index contributed by atoms with van der Waals surface area (Å²) < 4.78 is 31.8. The first-order chi connectivity index (χ1) is 13.4. The second-order valence-corrected chi connectivity index (χ2v) is 8.88. The number of fused-ring (bicyclic) bond motifs is 3. The number of ketones is 1. The van der Waals surface area contributed by atoms with Gasteiger partial charge < -0.3 is 4.74 Å². The fourth-order valence-corrected chi connectivity index (χ4v) is 4.91. The second-order valence-electron chi connectivity index (χ2n) is 7.04. The zero-order chi connectivity index (χ0) is 19.9. The predicted molar refractivity (Wildman–Crippen MR) is 104 cm³/mol. The fraction of sp³-hybridized carbons (Fsp3) is 0.238. The molecule has 1 aromatic heterocycles. The second kappa shape index (κ2) is 6.59. The highest BCUT2D eigenvalue weighted by molar-refractivity contribution is 7.89. The van der Waals surface area contributed by atoms with Crippen molar-refractivity contribution in [2.75, 3.05) is 12.9 Å². The van der Waals surface area contributed by atoms with Gasteiger partial charge in [-0.25, -0.2) is 12.4 Å². The quantitative estimate of drug-likeness (QED) is 0.681. The average Bonchev–Trinajstić information content (AvgIpc) is 2.94. The average molecular weight is 394 g/mol. The minimum atomic E-state index is -3.67. The van der Waals surface area contributed by atoms with Crippen molar-refractivity contribution in [3.05, 3.63) is 71.4 Å². The van der Waals surface area contributed by atoms with Crippen LogP contribution in [-0.4, -0.2) is 31.0 Å². The number of hydrogen-bond acceptors (Lipinski definition) is 5. The maximum atomic E-state index is 13.6. The molecule has 1 atom stereocenters. The van der Waals surface area contributed by atoms with E-state index in [2.05, 4.69) is 6.07 Å². The normalized spacial score (nSPS) is 19.8. The summed E-state index contributed by atoms with van der Waals surface area (Å²) in [6.07, 6.45) is 1.29. The molecule has 0 N–H and O–H groups in total. The van der Waals surface area contributed by atoms with Gasteiger partial charge in [0.1, 0.15) is 5.41 Å². The van der Waals surface area contributed by atoms with Crippen LogP contribution in [0.4, 0.5) is 0 Å². The van der Waals surface area contributed by atoms with Crippen LogP contribution in [0.15, 0.2) is 54.6 Å². The molecule has 2 aromatic carbocycles. The monoisotopic (exact) mass is 394 g/mol. The molecular formula is C21H18N2O4S. The Labute approximate surface area is 163 Å². The Balaban J connectivity index is 1.97. The van der Waals surface area contributed by atoms with Gasteiger partial charge in [-0.15, -0.1) is 0 Å². The maximum absolute atomic E-state index is 13.6. The molecule has 0 bridgehead atoms.